The van der Waals surface area contributed by atoms with Gasteiger partial charge >= 0.3 is 0 Å². The first-order valence-electron chi connectivity index (χ1n) is 6.37. The zero-order valence-electron chi connectivity index (χ0n) is 10.9. The molecule has 6 heteroatoms. The Hall–Kier alpha value is -1.46. The van der Waals surface area contributed by atoms with Crippen molar-refractivity contribution >= 4 is 34.0 Å². The normalized spacial score (nSPS) is 12.9. The second-order valence-corrected chi connectivity index (χ2v) is 5.63. The highest BCUT2D eigenvalue weighted by atomic mass is 35.5. The van der Waals surface area contributed by atoms with E-state index in [1.54, 1.807) is 23.6 Å². The van der Waals surface area contributed by atoms with Gasteiger partial charge in [-0.05, 0) is 18.6 Å². The Balaban J connectivity index is 2.26. The number of fused-ring (bicyclic) bond motifs is 1. The van der Waals surface area contributed by atoms with Crippen LogP contribution >= 0.6 is 22.9 Å². The lowest BCUT2D eigenvalue weighted by atomic mass is 10.2. The Kier molecular flexibility index (Phi) is 3.72. The van der Waals surface area contributed by atoms with Gasteiger partial charge in [-0.1, -0.05) is 13.0 Å². The first-order chi connectivity index (χ1) is 9.76. The van der Waals surface area contributed by atoms with Crippen LogP contribution in [0.3, 0.4) is 0 Å². The van der Waals surface area contributed by atoms with Crippen LogP contribution in [0.4, 0.5) is 4.39 Å². The van der Waals surface area contributed by atoms with Crippen molar-refractivity contribution in [2.45, 2.75) is 25.3 Å². The van der Waals surface area contributed by atoms with E-state index in [2.05, 4.69) is 16.9 Å². The van der Waals surface area contributed by atoms with Crippen LogP contribution in [0.15, 0.2) is 29.8 Å². The summed E-state index contributed by atoms with van der Waals surface area (Å²) in [7, 11) is 0. The average molecular weight is 310 g/mol. The van der Waals surface area contributed by atoms with Gasteiger partial charge in [0.2, 0.25) is 0 Å². The van der Waals surface area contributed by atoms with Gasteiger partial charge in [0, 0.05) is 11.6 Å². The molecule has 0 fully saturated rings. The van der Waals surface area contributed by atoms with E-state index in [4.69, 9.17) is 11.6 Å². The SMILES string of the molecule is CCC(c1nccs1)n1c(CCl)nc2c(F)cccc21. The quantitative estimate of drug-likeness (QED) is 0.670. The molecule has 1 aromatic carbocycles. The lowest BCUT2D eigenvalue weighted by Crippen LogP contribution is -2.12. The van der Waals surface area contributed by atoms with Gasteiger partial charge in [0.05, 0.1) is 17.4 Å². The van der Waals surface area contributed by atoms with E-state index < -0.39 is 0 Å². The maximum Gasteiger partial charge on any atom is 0.151 e. The average Bonchev–Trinajstić information content (AvgIpc) is 3.09. The van der Waals surface area contributed by atoms with Crippen molar-refractivity contribution in [3.8, 4) is 0 Å². The summed E-state index contributed by atoms with van der Waals surface area (Å²) in [4.78, 5) is 8.72. The first kappa shape index (κ1) is 13.5. The topological polar surface area (TPSA) is 30.7 Å². The van der Waals surface area contributed by atoms with E-state index in [-0.39, 0.29) is 17.7 Å². The Labute approximate surface area is 125 Å². The summed E-state index contributed by atoms with van der Waals surface area (Å²) in [6.07, 6.45) is 2.63. The number of thiazole rings is 1. The Bertz CT molecular complexity index is 723. The van der Waals surface area contributed by atoms with E-state index in [9.17, 15) is 4.39 Å². The maximum atomic E-state index is 13.9. The van der Waals surface area contributed by atoms with Gasteiger partial charge in [-0.15, -0.1) is 22.9 Å². The van der Waals surface area contributed by atoms with Gasteiger partial charge in [0.15, 0.2) is 5.82 Å². The third-order valence-corrected chi connectivity index (χ3v) is 4.41. The van der Waals surface area contributed by atoms with Crippen LogP contribution in [-0.2, 0) is 5.88 Å². The summed E-state index contributed by atoms with van der Waals surface area (Å²) < 4.78 is 15.9. The highest BCUT2D eigenvalue weighted by Gasteiger charge is 2.22. The van der Waals surface area contributed by atoms with Crippen LogP contribution in [0.5, 0.6) is 0 Å². The molecule has 3 nitrogen and oxygen atoms in total. The Morgan fingerprint density at radius 3 is 2.95 bits per heavy atom. The molecular weight excluding hydrogens is 297 g/mol. The molecule has 104 valence electrons. The smallest absolute Gasteiger partial charge is 0.151 e. The number of hydrogen-bond donors (Lipinski definition) is 0. The molecule has 1 atom stereocenters. The number of alkyl halides is 1. The molecule has 0 aliphatic carbocycles. The number of rotatable bonds is 4. The van der Waals surface area contributed by atoms with Crippen molar-refractivity contribution in [1.82, 2.24) is 14.5 Å². The first-order valence-corrected chi connectivity index (χ1v) is 7.78. The third kappa shape index (κ3) is 2.11. The summed E-state index contributed by atoms with van der Waals surface area (Å²) in [5.74, 6) is 0.603. The van der Waals surface area contributed by atoms with Crippen LogP contribution in [0.25, 0.3) is 11.0 Å². The van der Waals surface area contributed by atoms with E-state index in [1.807, 2.05) is 16.0 Å². The van der Waals surface area contributed by atoms with Gasteiger partial charge in [-0.25, -0.2) is 14.4 Å². The van der Waals surface area contributed by atoms with Crippen molar-refractivity contribution < 1.29 is 4.39 Å². The molecule has 0 N–H and O–H groups in total. The molecule has 1 unspecified atom stereocenters. The number of aromatic nitrogens is 3. The maximum absolute atomic E-state index is 13.9. The monoisotopic (exact) mass is 309 g/mol. The highest BCUT2D eigenvalue weighted by molar-refractivity contribution is 7.09. The minimum Gasteiger partial charge on any atom is -0.317 e. The number of benzene rings is 1. The zero-order chi connectivity index (χ0) is 14.1. The molecule has 0 spiro atoms. The van der Waals surface area contributed by atoms with Crippen molar-refractivity contribution in [1.29, 1.82) is 0 Å². The van der Waals surface area contributed by atoms with E-state index in [0.717, 1.165) is 16.9 Å². The number of hydrogen-bond acceptors (Lipinski definition) is 3. The lowest BCUT2D eigenvalue weighted by molar-refractivity contribution is 0.561. The minimum atomic E-state index is -0.318. The molecule has 0 bridgehead atoms. The molecule has 3 rings (SSSR count). The second kappa shape index (κ2) is 5.50. The van der Waals surface area contributed by atoms with Gasteiger partial charge in [-0.2, -0.15) is 0 Å². The molecule has 0 saturated carbocycles. The molecule has 0 aliphatic rings. The van der Waals surface area contributed by atoms with Crippen molar-refractivity contribution in [2.75, 3.05) is 0 Å². The van der Waals surface area contributed by atoms with Gasteiger partial charge in [-0.3, -0.25) is 0 Å². The van der Waals surface area contributed by atoms with Crippen LogP contribution < -0.4 is 0 Å². The number of imidazole rings is 1. The molecule has 0 aliphatic heterocycles. The summed E-state index contributed by atoms with van der Waals surface area (Å²) in [5.41, 5.74) is 1.14. The summed E-state index contributed by atoms with van der Waals surface area (Å²) in [5, 5.41) is 2.93. The number of halogens is 2. The standard InChI is InChI=1S/C14H13ClFN3S/c1-2-10(14-17-6-7-20-14)19-11-5-3-4-9(16)13(11)18-12(19)8-15/h3-7,10H,2,8H2,1H3. The van der Waals surface area contributed by atoms with Crippen molar-refractivity contribution in [2.24, 2.45) is 0 Å². The fraction of sp³-hybridized carbons (Fsp3) is 0.286. The third-order valence-electron chi connectivity index (χ3n) is 3.30. The molecule has 0 saturated heterocycles. The minimum absolute atomic E-state index is 0.0375. The van der Waals surface area contributed by atoms with Crippen LogP contribution in [0.2, 0.25) is 0 Å². The second-order valence-electron chi connectivity index (χ2n) is 4.43. The number of nitrogens with zero attached hydrogens (tertiary/aromatic N) is 3. The highest BCUT2D eigenvalue weighted by Crippen LogP contribution is 2.31. The molecule has 2 aromatic heterocycles. The fourth-order valence-electron chi connectivity index (χ4n) is 2.44. The van der Waals surface area contributed by atoms with E-state index in [0.29, 0.717) is 11.3 Å². The zero-order valence-corrected chi connectivity index (χ0v) is 12.5. The molecule has 3 aromatic rings. The summed E-state index contributed by atoms with van der Waals surface area (Å²) in [6, 6.07) is 5.03. The summed E-state index contributed by atoms with van der Waals surface area (Å²) in [6.45, 7) is 2.08. The summed E-state index contributed by atoms with van der Waals surface area (Å²) >= 11 is 7.58. The molecular formula is C14H13ClFN3S. The lowest BCUT2D eigenvalue weighted by Gasteiger charge is -2.17. The molecule has 2 heterocycles. The fourth-order valence-corrected chi connectivity index (χ4v) is 3.44. The van der Waals surface area contributed by atoms with Crippen molar-refractivity contribution in [3.63, 3.8) is 0 Å². The van der Waals surface area contributed by atoms with Gasteiger partial charge < -0.3 is 4.57 Å². The number of para-hydroxylation sites is 1. The van der Waals surface area contributed by atoms with Crippen molar-refractivity contribution in [3.05, 3.63) is 46.4 Å². The predicted octanol–water partition coefficient (Wildman–Crippen LogP) is 4.37. The van der Waals surface area contributed by atoms with Gasteiger partial charge in [0.25, 0.3) is 0 Å². The predicted molar refractivity (Wildman–Crippen MR) is 79.8 cm³/mol. The van der Waals surface area contributed by atoms with Crippen LogP contribution in [-0.4, -0.2) is 14.5 Å². The molecule has 20 heavy (non-hydrogen) atoms. The Morgan fingerprint density at radius 2 is 2.30 bits per heavy atom. The van der Waals surface area contributed by atoms with E-state index >= 15 is 0 Å². The molecule has 0 amide bonds. The van der Waals surface area contributed by atoms with Crippen LogP contribution in [0.1, 0.15) is 30.2 Å². The van der Waals surface area contributed by atoms with E-state index in [1.165, 1.54) is 6.07 Å². The van der Waals surface area contributed by atoms with Crippen LogP contribution in [0, 0.1) is 5.82 Å². The molecule has 0 radical (unpaired) electrons. The Morgan fingerprint density at radius 1 is 1.45 bits per heavy atom. The van der Waals surface area contributed by atoms with Gasteiger partial charge in [0.1, 0.15) is 16.3 Å². The largest absolute Gasteiger partial charge is 0.317 e.